The lowest BCUT2D eigenvalue weighted by Gasteiger charge is -2.29. The van der Waals surface area contributed by atoms with Gasteiger partial charge in [0, 0.05) is 40.2 Å². The molecule has 0 bridgehead atoms. The zero-order valence-corrected chi connectivity index (χ0v) is 21.5. The Morgan fingerprint density at radius 1 is 1.19 bits per heavy atom. The average Bonchev–Trinajstić information content (AvgIpc) is 2.82. The molecule has 0 amide bonds. The van der Waals surface area contributed by atoms with E-state index in [1.165, 1.54) is 5.56 Å². The van der Waals surface area contributed by atoms with E-state index < -0.39 is 17.7 Å². The van der Waals surface area contributed by atoms with Crippen LogP contribution in [0.4, 0.5) is 0 Å². The Kier molecular flexibility index (Phi) is 6.17. The van der Waals surface area contributed by atoms with Crippen molar-refractivity contribution in [2.24, 2.45) is 0 Å². The van der Waals surface area contributed by atoms with Crippen LogP contribution in [0.25, 0.3) is 32.9 Å². The molecule has 0 radical (unpaired) electrons. The van der Waals surface area contributed by atoms with Crippen LogP contribution in [0.1, 0.15) is 62.6 Å². The smallest absolute Gasteiger partial charge is 0.337 e. The molecule has 0 fully saturated rings. The van der Waals surface area contributed by atoms with E-state index in [1.54, 1.807) is 0 Å². The van der Waals surface area contributed by atoms with Gasteiger partial charge in [-0.25, -0.2) is 4.79 Å². The van der Waals surface area contributed by atoms with E-state index in [9.17, 15) is 9.90 Å². The summed E-state index contributed by atoms with van der Waals surface area (Å²) in [5.74, 6) is -0.214. The molecule has 1 aliphatic rings. The molecule has 36 heavy (non-hydrogen) atoms. The van der Waals surface area contributed by atoms with Crippen LogP contribution in [0.3, 0.4) is 0 Å². The number of pyridine rings is 2. The molecule has 0 saturated carbocycles. The lowest BCUT2D eigenvalue weighted by atomic mass is 9.86. The van der Waals surface area contributed by atoms with Crippen LogP contribution >= 0.6 is 0 Å². The number of rotatable bonds is 6. The number of nitrogens with zero attached hydrogens (tertiary/aromatic N) is 2. The van der Waals surface area contributed by atoms with Gasteiger partial charge in [0.1, 0.15) is 5.75 Å². The van der Waals surface area contributed by atoms with Gasteiger partial charge in [0.05, 0.1) is 23.2 Å². The summed E-state index contributed by atoms with van der Waals surface area (Å²) in [4.78, 5) is 22.4. The highest BCUT2D eigenvalue weighted by Crippen LogP contribution is 2.44. The zero-order valence-electron chi connectivity index (χ0n) is 21.5. The molecule has 2 aromatic carbocycles. The summed E-state index contributed by atoms with van der Waals surface area (Å²) >= 11 is 0. The van der Waals surface area contributed by atoms with Crippen LogP contribution < -0.4 is 4.74 Å². The second-order valence-corrected chi connectivity index (χ2v) is 10.5. The van der Waals surface area contributed by atoms with Gasteiger partial charge in [0.2, 0.25) is 0 Å². The summed E-state index contributed by atoms with van der Waals surface area (Å²) in [6, 6.07) is 12.1. The van der Waals surface area contributed by atoms with Crippen LogP contribution in [0.2, 0.25) is 0 Å². The average molecular weight is 485 g/mol. The van der Waals surface area contributed by atoms with Crippen molar-refractivity contribution in [3.05, 3.63) is 65.0 Å². The SMILES string of the molecule is CCCc1ccc2c(-c3ccc4c5c(ccnc35)CCO4)c(C(OC(C)(C)C)C(=O)O)c(C)cc2n1. The first-order valence-corrected chi connectivity index (χ1v) is 12.6. The summed E-state index contributed by atoms with van der Waals surface area (Å²) in [6.45, 7) is 10.3. The van der Waals surface area contributed by atoms with E-state index in [2.05, 4.69) is 13.0 Å². The van der Waals surface area contributed by atoms with Gasteiger partial charge in [-0.3, -0.25) is 9.97 Å². The van der Waals surface area contributed by atoms with E-state index >= 15 is 0 Å². The lowest BCUT2D eigenvalue weighted by molar-refractivity contribution is -0.160. The fourth-order valence-corrected chi connectivity index (χ4v) is 5.18. The quantitative estimate of drug-likeness (QED) is 0.333. The van der Waals surface area contributed by atoms with E-state index in [1.807, 2.05) is 64.2 Å². The minimum atomic E-state index is -1.15. The number of aromatic nitrogens is 2. The van der Waals surface area contributed by atoms with Gasteiger partial charge in [0.15, 0.2) is 6.10 Å². The predicted octanol–water partition coefficient (Wildman–Crippen LogP) is 6.59. The van der Waals surface area contributed by atoms with Gasteiger partial charge < -0.3 is 14.6 Å². The Morgan fingerprint density at radius 3 is 2.72 bits per heavy atom. The molecule has 4 aromatic rings. The molecule has 6 heteroatoms. The third-order valence-corrected chi connectivity index (χ3v) is 6.60. The maximum atomic E-state index is 12.6. The van der Waals surface area contributed by atoms with E-state index in [4.69, 9.17) is 19.4 Å². The van der Waals surface area contributed by atoms with Gasteiger partial charge in [-0.15, -0.1) is 0 Å². The molecular formula is C30H32N2O4. The zero-order chi connectivity index (χ0) is 25.6. The summed E-state index contributed by atoms with van der Waals surface area (Å²) < 4.78 is 12.1. The highest BCUT2D eigenvalue weighted by atomic mass is 16.5. The number of hydrogen-bond donors (Lipinski definition) is 1. The molecule has 1 N–H and O–H groups in total. The molecule has 186 valence electrons. The minimum absolute atomic E-state index is 0.634. The van der Waals surface area contributed by atoms with E-state index in [0.29, 0.717) is 12.2 Å². The first-order valence-electron chi connectivity index (χ1n) is 12.6. The largest absolute Gasteiger partial charge is 0.493 e. The van der Waals surface area contributed by atoms with Crippen molar-refractivity contribution in [3.8, 4) is 16.9 Å². The van der Waals surface area contributed by atoms with Crippen molar-refractivity contribution in [1.29, 1.82) is 0 Å². The second-order valence-electron chi connectivity index (χ2n) is 10.5. The molecule has 5 rings (SSSR count). The molecule has 0 aliphatic carbocycles. The monoisotopic (exact) mass is 484 g/mol. The van der Waals surface area contributed by atoms with Crippen LogP contribution in [-0.2, 0) is 22.4 Å². The van der Waals surface area contributed by atoms with E-state index in [0.717, 1.165) is 69.2 Å². The lowest BCUT2D eigenvalue weighted by Crippen LogP contribution is -2.28. The Bertz CT molecular complexity index is 1480. The summed E-state index contributed by atoms with van der Waals surface area (Å²) in [5.41, 5.74) is 6.32. The highest BCUT2D eigenvalue weighted by molar-refractivity contribution is 6.08. The Balaban J connectivity index is 1.89. The van der Waals surface area contributed by atoms with Gasteiger partial charge in [-0.05, 0) is 81.1 Å². The van der Waals surface area contributed by atoms with Crippen molar-refractivity contribution < 1.29 is 19.4 Å². The summed E-state index contributed by atoms with van der Waals surface area (Å²) in [7, 11) is 0. The fourth-order valence-electron chi connectivity index (χ4n) is 5.18. The number of aryl methyl sites for hydroxylation is 2. The number of benzene rings is 2. The number of aliphatic carboxylic acids is 1. The predicted molar refractivity (Wildman–Crippen MR) is 142 cm³/mol. The maximum absolute atomic E-state index is 12.6. The minimum Gasteiger partial charge on any atom is -0.493 e. The molecule has 0 spiro atoms. The van der Waals surface area contributed by atoms with Crippen LogP contribution in [0.15, 0.2) is 42.6 Å². The van der Waals surface area contributed by atoms with Gasteiger partial charge in [0.25, 0.3) is 0 Å². The topological polar surface area (TPSA) is 81.5 Å². The first kappa shape index (κ1) is 24.2. The summed E-state index contributed by atoms with van der Waals surface area (Å²) in [6.07, 6.45) is 3.37. The first-order chi connectivity index (χ1) is 17.2. The summed E-state index contributed by atoms with van der Waals surface area (Å²) in [5, 5.41) is 12.2. The van der Waals surface area contributed by atoms with Gasteiger partial charge in [-0.2, -0.15) is 0 Å². The molecule has 0 saturated heterocycles. The molecule has 1 atom stereocenters. The maximum Gasteiger partial charge on any atom is 0.337 e. The Hall–Kier alpha value is -3.51. The normalized spacial score (nSPS) is 14.1. The van der Waals surface area contributed by atoms with Gasteiger partial charge >= 0.3 is 5.97 Å². The van der Waals surface area contributed by atoms with E-state index in [-0.39, 0.29) is 0 Å². The number of hydrogen-bond acceptors (Lipinski definition) is 5. The van der Waals surface area contributed by atoms with Crippen molar-refractivity contribution >= 4 is 27.8 Å². The van der Waals surface area contributed by atoms with Crippen molar-refractivity contribution in [2.75, 3.05) is 6.61 Å². The number of ether oxygens (including phenoxy) is 2. The van der Waals surface area contributed by atoms with Crippen LogP contribution in [0, 0.1) is 6.92 Å². The van der Waals surface area contributed by atoms with Gasteiger partial charge in [-0.1, -0.05) is 19.4 Å². The fraction of sp³-hybridized carbons (Fsp3) is 0.367. The third kappa shape index (κ3) is 4.30. The molecule has 1 aliphatic heterocycles. The van der Waals surface area contributed by atoms with Crippen molar-refractivity contribution in [3.63, 3.8) is 0 Å². The molecule has 2 aromatic heterocycles. The molecular weight excluding hydrogens is 452 g/mol. The highest BCUT2D eigenvalue weighted by Gasteiger charge is 2.32. The molecule has 3 heterocycles. The molecule has 1 unspecified atom stereocenters. The Labute approximate surface area is 211 Å². The standard InChI is InChI=1S/C30H32N2O4/c1-6-7-19-8-9-20-22(32-19)16-17(2)24(28(29(33)34)36-30(3,4)5)26(20)21-10-11-23-25-18(13-15-35-23)12-14-31-27(21)25/h8-12,14,16,28H,6-7,13,15H2,1-5H3,(H,33,34). The van der Waals surface area contributed by atoms with Crippen molar-refractivity contribution in [1.82, 2.24) is 9.97 Å². The van der Waals surface area contributed by atoms with Crippen molar-refractivity contribution in [2.45, 2.75) is 65.6 Å². The number of carboxylic acid groups (broad SMARTS) is 1. The van der Waals surface area contributed by atoms with Crippen LogP contribution in [-0.4, -0.2) is 33.3 Å². The third-order valence-electron chi connectivity index (χ3n) is 6.60. The molecule has 6 nitrogen and oxygen atoms in total. The number of fused-ring (bicyclic) bond motifs is 1. The number of carbonyl (C=O) groups is 1. The Morgan fingerprint density at radius 2 is 2.00 bits per heavy atom. The van der Waals surface area contributed by atoms with Crippen LogP contribution in [0.5, 0.6) is 5.75 Å². The number of carboxylic acids is 1. The second kappa shape index (κ2) is 9.17.